The summed E-state index contributed by atoms with van der Waals surface area (Å²) in [5, 5.41) is 13.9. The van der Waals surface area contributed by atoms with Crippen LogP contribution in [0, 0.1) is 5.92 Å². The third-order valence-corrected chi connectivity index (χ3v) is 6.46. The molecule has 0 saturated carbocycles. The molecule has 5 amide bonds. The highest BCUT2D eigenvalue weighted by atomic mass is 16.5. The molecule has 1 unspecified atom stereocenters. The first-order chi connectivity index (χ1) is 17.7. The van der Waals surface area contributed by atoms with Gasteiger partial charge in [-0.25, -0.2) is 9.59 Å². The molecule has 2 aromatic carbocycles. The molecule has 1 saturated heterocycles. The Labute approximate surface area is 213 Å². The minimum Gasteiger partial charge on any atom is -0.480 e. The number of carboxylic acids is 1. The number of rotatable bonds is 9. The summed E-state index contributed by atoms with van der Waals surface area (Å²) in [6.45, 7) is 0.660. The molecular formula is C26H28N4O7. The van der Waals surface area contributed by atoms with Crippen molar-refractivity contribution in [3.63, 3.8) is 0 Å². The number of carbonyl (C=O) groups is 5. The largest absolute Gasteiger partial charge is 0.480 e. The highest BCUT2D eigenvalue weighted by Gasteiger charge is 2.32. The van der Waals surface area contributed by atoms with Gasteiger partial charge in [-0.3, -0.25) is 19.7 Å². The fourth-order valence-electron chi connectivity index (χ4n) is 4.60. The Morgan fingerprint density at radius 3 is 2.32 bits per heavy atom. The van der Waals surface area contributed by atoms with Crippen LogP contribution in [0.5, 0.6) is 0 Å². The third kappa shape index (κ3) is 5.88. The van der Waals surface area contributed by atoms with E-state index < -0.39 is 42.4 Å². The van der Waals surface area contributed by atoms with E-state index in [1.165, 1.54) is 0 Å². The summed E-state index contributed by atoms with van der Waals surface area (Å²) in [4.78, 5) is 62.1. The SMILES string of the molecule is CC1CN(CC(=O)N(CCNC(=O)OCC2c3ccccc3-c3ccccc32)CC(=O)O)C(=O)NC1=O. The zero-order valence-corrected chi connectivity index (χ0v) is 20.3. The summed E-state index contributed by atoms with van der Waals surface area (Å²) in [7, 11) is 0. The number of imide groups is 1. The van der Waals surface area contributed by atoms with Gasteiger partial charge in [-0.1, -0.05) is 55.5 Å². The molecule has 11 nitrogen and oxygen atoms in total. The zero-order chi connectivity index (χ0) is 26.5. The van der Waals surface area contributed by atoms with Crippen molar-refractivity contribution in [1.82, 2.24) is 20.4 Å². The first-order valence-corrected chi connectivity index (χ1v) is 11.9. The Bertz CT molecular complexity index is 1190. The van der Waals surface area contributed by atoms with Gasteiger partial charge in [0.05, 0.1) is 5.92 Å². The number of hydrogen-bond acceptors (Lipinski definition) is 6. The molecule has 37 heavy (non-hydrogen) atoms. The van der Waals surface area contributed by atoms with Crippen molar-refractivity contribution in [2.75, 3.05) is 39.3 Å². The number of carboxylic acid groups (broad SMARTS) is 1. The Kier molecular flexibility index (Phi) is 7.71. The number of aliphatic carboxylic acids is 1. The predicted octanol–water partition coefficient (Wildman–Crippen LogP) is 1.63. The lowest BCUT2D eigenvalue weighted by atomic mass is 9.98. The van der Waals surface area contributed by atoms with Crippen molar-refractivity contribution in [3.8, 4) is 11.1 Å². The van der Waals surface area contributed by atoms with E-state index >= 15 is 0 Å². The standard InChI is InChI=1S/C26H28N4O7/c1-16-12-30(25(35)28-24(16)34)13-22(31)29(14-23(32)33)11-10-27-26(36)37-15-21-19-8-4-2-6-17(19)18-7-3-5-9-20(18)21/h2-9,16,21H,10-15H2,1H3,(H,27,36)(H,32,33)(H,28,34,35). The second-order valence-electron chi connectivity index (χ2n) is 9.04. The van der Waals surface area contributed by atoms with E-state index in [1.807, 2.05) is 48.5 Å². The maximum Gasteiger partial charge on any atom is 0.407 e. The van der Waals surface area contributed by atoms with E-state index in [0.717, 1.165) is 32.1 Å². The maximum absolute atomic E-state index is 12.7. The number of nitrogens with zero attached hydrogens (tertiary/aromatic N) is 2. The van der Waals surface area contributed by atoms with E-state index in [9.17, 15) is 29.1 Å². The highest BCUT2D eigenvalue weighted by Crippen LogP contribution is 2.44. The zero-order valence-electron chi connectivity index (χ0n) is 20.3. The number of alkyl carbamates (subject to hydrolysis) is 1. The molecule has 3 N–H and O–H groups in total. The van der Waals surface area contributed by atoms with Crippen LogP contribution in [-0.4, -0.2) is 84.1 Å². The number of carbonyl (C=O) groups excluding carboxylic acids is 4. The smallest absolute Gasteiger partial charge is 0.407 e. The molecule has 0 radical (unpaired) electrons. The van der Waals surface area contributed by atoms with Crippen LogP contribution in [0.4, 0.5) is 9.59 Å². The summed E-state index contributed by atoms with van der Waals surface area (Å²) in [6.07, 6.45) is -0.688. The monoisotopic (exact) mass is 508 g/mol. The average molecular weight is 509 g/mol. The quantitative estimate of drug-likeness (QED) is 0.467. The van der Waals surface area contributed by atoms with E-state index in [4.69, 9.17) is 4.74 Å². The van der Waals surface area contributed by atoms with Gasteiger partial charge < -0.3 is 25.0 Å². The summed E-state index contributed by atoms with van der Waals surface area (Å²) >= 11 is 0. The second-order valence-corrected chi connectivity index (χ2v) is 9.04. The Morgan fingerprint density at radius 1 is 1.08 bits per heavy atom. The molecule has 1 heterocycles. The van der Waals surface area contributed by atoms with Crippen LogP contribution in [0.3, 0.4) is 0 Å². The van der Waals surface area contributed by atoms with Crippen molar-refractivity contribution in [1.29, 1.82) is 0 Å². The van der Waals surface area contributed by atoms with Crippen LogP contribution >= 0.6 is 0 Å². The van der Waals surface area contributed by atoms with Gasteiger partial charge >= 0.3 is 18.1 Å². The number of urea groups is 1. The molecular weight excluding hydrogens is 480 g/mol. The van der Waals surface area contributed by atoms with E-state index in [-0.39, 0.29) is 38.7 Å². The summed E-state index contributed by atoms with van der Waals surface area (Å²) in [5.41, 5.74) is 4.37. The van der Waals surface area contributed by atoms with E-state index in [1.54, 1.807) is 6.92 Å². The molecule has 0 aromatic heterocycles. The van der Waals surface area contributed by atoms with Crippen LogP contribution in [0.1, 0.15) is 24.0 Å². The Morgan fingerprint density at radius 2 is 1.70 bits per heavy atom. The van der Waals surface area contributed by atoms with Crippen LogP contribution in [0.15, 0.2) is 48.5 Å². The predicted molar refractivity (Wildman–Crippen MR) is 132 cm³/mol. The minimum atomic E-state index is -1.24. The van der Waals surface area contributed by atoms with Crippen LogP contribution < -0.4 is 10.6 Å². The van der Waals surface area contributed by atoms with Gasteiger partial charge in [-0.15, -0.1) is 0 Å². The molecule has 11 heteroatoms. The number of nitrogens with one attached hydrogen (secondary N) is 2. The van der Waals surface area contributed by atoms with Gasteiger partial charge in [0.2, 0.25) is 11.8 Å². The van der Waals surface area contributed by atoms with Gasteiger partial charge in [0.1, 0.15) is 19.7 Å². The maximum atomic E-state index is 12.7. The number of hydrogen-bond donors (Lipinski definition) is 3. The van der Waals surface area contributed by atoms with Crippen molar-refractivity contribution in [2.24, 2.45) is 5.92 Å². The lowest BCUT2D eigenvalue weighted by molar-refractivity contribution is -0.144. The molecule has 194 valence electrons. The molecule has 1 aliphatic carbocycles. The molecule has 0 spiro atoms. The topological polar surface area (TPSA) is 145 Å². The Hall–Kier alpha value is -4.41. The van der Waals surface area contributed by atoms with Gasteiger partial charge in [0.15, 0.2) is 0 Å². The highest BCUT2D eigenvalue weighted by molar-refractivity contribution is 5.99. The molecule has 0 bridgehead atoms. The van der Waals surface area contributed by atoms with Crippen molar-refractivity contribution in [2.45, 2.75) is 12.8 Å². The van der Waals surface area contributed by atoms with Crippen molar-refractivity contribution >= 4 is 29.9 Å². The molecule has 2 aromatic rings. The fraction of sp³-hybridized carbons (Fsp3) is 0.346. The molecule has 1 aliphatic heterocycles. The van der Waals surface area contributed by atoms with Crippen molar-refractivity contribution < 1.29 is 33.8 Å². The van der Waals surface area contributed by atoms with E-state index in [2.05, 4.69) is 10.6 Å². The average Bonchev–Trinajstić information content (AvgIpc) is 3.19. The lowest BCUT2D eigenvalue weighted by Gasteiger charge is -2.31. The minimum absolute atomic E-state index is 0.0449. The van der Waals surface area contributed by atoms with Crippen LogP contribution in [0.2, 0.25) is 0 Å². The van der Waals surface area contributed by atoms with Gasteiger partial charge in [0, 0.05) is 25.6 Å². The van der Waals surface area contributed by atoms with Crippen molar-refractivity contribution in [3.05, 3.63) is 59.7 Å². The van der Waals surface area contributed by atoms with Gasteiger partial charge in [-0.05, 0) is 22.3 Å². The number of ether oxygens (including phenoxy) is 1. The number of benzene rings is 2. The van der Waals surface area contributed by atoms with Gasteiger partial charge in [-0.2, -0.15) is 0 Å². The Balaban J connectivity index is 1.29. The molecule has 1 atom stereocenters. The second kappa shape index (κ2) is 11.1. The first-order valence-electron chi connectivity index (χ1n) is 11.9. The normalized spacial score (nSPS) is 16.5. The van der Waals surface area contributed by atoms with Crippen LogP contribution in [0.25, 0.3) is 11.1 Å². The summed E-state index contributed by atoms with van der Waals surface area (Å²) < 4.78 is 5.46. The molecule has 4 rings (SSSR count). The lowest BCUT2D eigenvalue weighted by Crippen LogP contribution is -2.56. The summed E-state index contributed by atoms with van der Waals surface area (Å²) in [6, 6.07) is 15.2. The first kappa shape index (κ1) is 25.7. The van der Waals surface area contributed by atoms with Crippen LogP contribution in [-0.2, 0) is 19.1 Å². The number of fused-ring (bicyclic) bond motifs is 3. The van der Waals surface area contributed by atoms with Gasteiger partial charge in [0.25, 0.3) is 0 Å². The third-order valence-electron chi connectivity index (χ3n) is 6.46. The fourth-order valence-corrected chi connectivity index (χ4v) is 4.60. The molecule has 1 fully saturated rings. The molecule has 2 aliphatic rings. The number of amides is 5. The van der Waals surface area contributed by atoms with E-state index in [0.29, 0.717) is 0 Å². The summed E-state index contributed by atoms with van der Waals surface area (Å²) in [5.74, 6) is -2.88.